The lowest BCUT2D eigenvalue weighted by molar-refractivity contribution is -0.384. The molecule has 1 aliphatic heterocycles. The van der Waals surface area contributed by atoms with Crippen LogP contribution >= 0.6 is 11.8 Å². The number of likely N-dealkylation sites (tertiary alicyclic amines) is 1. The van der Waals surface area contributed by atoms with Gasteiger partial charge in [-0.15, -0.1) is 0 Å². The highest BCUT2D eigenvalue weighted by molar-refractivity contribution is 8.14. The van der Waals surface area contributed by atoms with Crippen molar-refractivity contribution in [2.24, 2.45) is 0 Å². The monoisotopic (exact) mass is 503 g/mol. The molecule has 0 aliphatic carbocycles. The van der Waals surface area contributed by atoms with Gasteiger partial charge < -0.3 is 19.9 Å². The number of nitrogens with one attached hydrogen (secondary N) is 1. The molecule has 184 valence electrons. The fourth-order valence-corrected chi connectivity index (χ4v) is 3.96. The van der Waals surface area contributed by atoms with Crippen LogP contribution in [-0.2, 0) is 30.5 Å². The van der Waals surface area contributed by atoms with Crippen LogP contribution in [0.3, 0.4) is 0 Å². The minimum atomic E-state index is -1.92. The van der Waals surface area contributed by atoms with Crippen molar-refractivity contribution in [3.63, 3.8) is 0 Å². The number of benzene rings is 2. The van der Waals surface area contributed by atoms with Crippen molar-refractivity contribution in [2.75, 3.05) is 13.2 Å². The lowest BCUT2D eigenvalue weighted by Crippen LogP contribution is -2.59. The van der Waals surface area contributed by atoms with E-state index >= 15 is 0 Å². The number of rotatable bonds is 11. The minimum Gasteiger partial charge on any atom is -0.484 e. The molecule has 0 bridgehead atoms. The van der Waals surface area contributed by atoms with Crippen molar-refractivity contribution >= 4 is 40.3 Å². The first-order chi connectivity index (χ1) is 16.7. The summed E-state index contributed by atoms with van der Waals surface area (Å²) in [6.07, 6.45) is -2.00. The molecular weight excluding hydrogens is 482 g/mol. The number of aliphatic hydroxyl groups is 1. The Balaban J connectivity index is 1.41. The Morgan fingerprint density at radius 3 is 2.49 bits per heavy atom. The first-order valence-electron chi connectivity index (χ1n) is 10.3. The fraction of sp³-hybridized carbons (Fsp3) is 0.273. The van der Waals surface area contributed by atoms with Gasteiger partial charge in [0.25, 0.3) is 11.6 Å². The number of nitrogens with zero attached hydrogens (tertiary/aromatic N) is 2. The van der Waals surface area contributed by atoms with E-state index in [0.717, 1.165) is 4.90 Å². The second-order valence-electron chi connectivity index (χ2n) is 7.23. The number of esters is 1. The Bertz CT molecular complexity index is 1100. The van der Waals surface area contributed by atoms with Crippen LogP contribution in [0, 0.1) is 10.1 Å². The molecule has 0 aromatic heterocycles. The van der Waals surface area contributed by atoms with Crippen LogP contribution in [-0.4, -0.2) is 62.6 Å². The summed E-state index contributed by atoms with van der Waals surface area (Å²) in [5.74, 6) is -1.67. The molecule has 2 atom stereocenters. The number of nitro groups is 1. The van der Waals surface area contributed by atoms with Gasteiger partial charge in [-0.25, -0.2) is 4.79 Å². The lowest BCUT2D eigenvalue weighted by Gasteiger charge is -2.41. The van der Waals surface area contributed by atoms with E-state index in [1.54, 1.807) is 30.3 Å². The maximum Gasteiger partial charge on any atom is 0.356 e. The van der Waals surface area contributed by atoms with Crippen LogP contribution in [0.15, 0.2) is 54.6 Å². The molecule has 1 aliphatic rings. The molecule has 1 heterocycles. The number of nitro benzene ring substituents is 1. The molecule has 0 saturated carbocycles. The van der Waals surface area contributed by atoms with Crippen LogP contribution in [0.25, 0.3) is 0 Å². The van der Waals surface area contributed by atoms with Gasteiger partial charge in [0.2, 0.25) is 17.3 Å². The van der Waals surface area contributed by atoms with Gasteiger partial charge in [0.1, 0.15) is 12.4 Å². The van der Waals surface area contributed by atoms with Crippen LogP contribution in [0.4, 0.5) is 5.69 Å². The highest BCUT2D eigenvalue weighted by atomic mass is 32.2. The van der Waals surface area contributed by atoms with Crippen molar-refractivity contribution < 1.29 is 38.7 Å². The topological polar surface area (TPSA) is 165 Å². The Labute approximate surface area is 203 Å². The number of amides is 2. The van der Waals surface area contributed by atoms with Gasteiger partial charge >= 0.3 is 5.97 Å². The molecule has 0 spiro atoms. The van der Waals surface area contributed by atoms with E-state index in [4.69, 9.17) is 9.47 Å². The second kappa shape index (κ2) is 11.9. The van der Waals surface area contributed by atoms with Gasteiger partial charge in [-0.1, -0.05) is 30.0 Å². The summed E-state index contributed by atoms with van der Waals surface area (Å²) in [7, 11) is 0. The quantitative estimate of drug-likeness (QED) is 0.195. The molecule has 2 aromatic carbocycles. The molecule has 1 unspecified atom stereocenters. The van der Waals surface area contributed by atoms with Crippen molar-refractivity contribution in [1.29, 1.82) is 0 Å². The predicted octanol–water partition coefficient (Wildman–Crippen LogP) is 0.970. The molecule has 2 N–H and O–H groups in total. The summed E-state index contributed by atoms with van der Waals surface area (Å²) < 4.78 is 10.2. The number of aliphatic hydroxyl groups excluding tert-OH is 1. The lowest BCUT2D eigenvalue weighted by atomic mass is 10.2. The van der Waals surface area contributed by atoms with Crippen LogP contribution in [0.1, 0.15) is 12.0 Å². The van der Waals surface area contributed by atoms with Crippen molar-refractivity contribution in [2.45, 2.75) is 24.6 Å². The number of hydrogen-bond acceptors (Lipinski definition) is 10. The molecule has 2 aromatic rings. The van der Waals surface area contributed by atoms with Gasteiger partial charge in [0.05, 0.1) is 23.3 Å². The van der Waals surface area contributed by atoms with Crippen LogP contribution in [0.5, 0.6) is 5.75 Å². The summed E-state index contributed by atoms with van der Waals surface area (Å²) in [5.41, 5.74) is 0.315. The number of carbonyl (C=O) groups is 4. The highest BCUT2D eigenvalue weighted by Crippen LogP contribution is 2.31. The standard InChI is InChI=1S/C22H21N3O9S/c26-17(13-33-16-4-2-1-3-5-16)23-11-20(28)35-19-10-18(27)24(19)21(29)22(30)34-12-14-6-8-15(9-7-14)25(31)32/h1-9,19,21,29H,10-13H2,(H,23,26)/t19-,21?/m0/s1. The van der Waals surface area contributed by atoms with E-state index in [2.05, 4.69) is 5.32 Å². The molecule has 1 saturated heterocycles. The molecule has 12 nitrogen and oxygen atoms in total. The van der Waals surface area contributed by atoms with E-state index in [1.165, 1.54) is 24.3 Å². The summed E-state index contributed by atoms with van der Waals surface area (Å²) in [4.78, 5) is 59.0. The van der Waals surface area contributed by atoms with E-state index < -0.39 is 39.4 Å². The van der Waals surface area contributed by atoms with E-state index in [1.807, 2.05) is 0 Å². The number of para-hydroxylation sites is 1. The molecule has 13 heteroatoms. The molecular formula is C22H21N3O9S. The number of carbonyl (C=O) groups excluding carboxylic acids is 4. The molecule has 35 heavy (non-hydrogen) atoms. The van der Waals surface area contributed by atoms with E-state index in [-0.39, 0.29) is 31.9 Å². The minimum absolute atomic E-state index is 0.0752. The Morgan fingerprint density at radius 2 is 1.86 bits per heavy atom. The third kappa shape index (κ3) is 7.25. The second-order valence-corrected chi connectivity index (χ2v) is 8.47. The normalized spacial score (nSPS) is 15.5. The number of non-ortho nitro benzene ring substituents is 1. The Hall–Kier alpha value is -3.97. The summed E-state index contributed by atoms with van der Waals surface area (Å²) in [5, 5.41) is 22.0. The summed E-state index contributed by atoms with van der Waals surface area (Å²) in [6.45, 7) is -0.889. The zero-order valence-electron chi connectivity index (χ0n) is 18.2. The molecule has 3 rings (SSSR count). The summed E-state index contributed by atoms with van der Waals surface area (Å²) in [6, 6.07) is 13.9. The third-order valence-electron chi connectivity index (χ3n) is 4.76. The third-order valence-corrected chi connectivity index (χ3v) is 5.83. The van der Waals surface area contributed by atoms with Gasteiger partial charge in [0.15, 0.2) is 6.61 Å². The average molecular weight is 503 g/mol. The number of ether oxygens (including phenoxy) is 2. The first kappa shape index (κ1) is 25.6. The number of β-lactam (4-membered cyclic amide) rings is 1. The average Bonchev–Trinajstić information content (AvgIpc) is 2.85. The first-order valence-corrected chi connectivity index (χ1v) is 11.2. The smallest absolute Gasteiger partial charge is 0.356 e. The number of hydrogen-bond donors (Lipinski definition) is 2. The maximum atomic E-state index is 12.2. The molecule has 1 fully saturated rings. The zero-order valence-corrected chi connectivity index (χ0v) is 19.0. The predicted molar refractivity (Wildman–Crippen MR) is 122 cm³/mol. The van der Waals surface area contributed by atoms with Crippen molar-refractivity contribution in [3.05, 3.63) is 70.3 Å². The Kier molecular flexibility index (Phi) is 8.75. The zero-order chi connectivity index (χ0) is 25.4. The van der Waals surface area contributed by atoms with Crippen LogP contribution < -0.4 is 10.1 Å². The highest BCUT2D eigenvalue weighted by Gasteiger charge is 2.45. The maximum absolute atomic E-state index is 12.2. The summed E-state index contributed by atoms with van der Waals surface area (Å²) >= 11 is 0.698. The van der Waals surface area contributed by atoms with E-state index in [9.17, 15) is 34.4 Å². The SMILES string of the molecule is O=C(COc1ccccc1)NCC(=O)S[C@H]1CC(=O)N1C(O)C(=O)OCc1ccc([N+](=O)[O-])cc1. The van der Waals surface area contributed by atoms with Crippen LogP contribution in [0.2, 0.25) is 0 Å². The van der Waals surface area contributed by atoms with Gasteiger partial charge in [0, 0.05) is 12.1 Å². The van der Waals surface area contributed by atoms with Gasteiger partial charge in [-0.2, -0.15) is 0 Å². The number of thioether (sulfide) groups is 1. The molecule has 2 amide bonds. The Morgan fingerprint density at radius 1 is 1.17 bits per heavy atom. The van der Waals surface area contributed by atoms with Crippen molar-refractivity contribution in [1.82, 2.24) is 10.2 Å². The van der Waals surface area contributed by atoms with Crippen molar-refractivity contribution in [3.8, 4) is 5.75 Å². The van der Waals surface area contributed by atoms with Gasteiger partial charge in [-0.05, 0) is 29.8 Å². The largest absolute Gasteiger partial charge is 0.484 e. The molecule has 0 radical (unpaired) electrons. The van der Waals surface area contributed by atoms with E-state index in [0.29, 0.717) is 23.1 Å². The van der Waals surface area contributed by atoms with Gasteiger partial charge in [-0.3, -0.25) is 29.4 Å². The fourth-order valence-electron chi connectivity index (χ4n) is 2.93.